The minimum Gasteiger partial charge on any atom is -0.497 e. The van der Waals surface area contributed by atoms with Crippen LogP contribution in [0.1, 0.15) is 0 Å². The Balaban J connectivity index is 0.000000174. The Labute approximate surface area is 145 Å². The van der Waals surface area contributed by atoms with E-state index in [9.17, 15) is 0 Å². The molecule has 0 aliphatic rings. The summed E-state index contributed by atoms with van der Waals surface area (Å²) in [5.41, 5.74) is 13.8. The fraction of sp³-hybridized carbons (Fsp3) is 0.235. The number of benzene rings is 2. The van der Waals surface area contributed by atoms with Gasteiger partial charge in [-0.1, -0.05) is 11.3 Å². The first-order valence-electron chi connectivity index (χ1n) is 7.41. The molecule has 6 nitrogen and oxygen atoms in total. The molecule has 0 fully saturated rings. The number of aliphatic hydroxyl groups excluding tert-OH is 1. The van der Waals surface area contributed by atoms with Crippen LogP contribution < -0.4 is 21.1 Å². The number of fused-ring (bicyclic) bond motifs is 1. The fourth-order valence-electron chi connectivity index (χ4n) is 2.06. The molecule has 24 heavy (non-hydrogen) atoms. The van der Waals surface area contributed by atoms with Crippen LogP contribution in [0.3, 0.4) is 0 Å². The van der Waals surface area contributed by atoms with Gasteiger partial charge in [-0.05, 0) is 42.5 Å². The third-order valence-electron chi connectivity index (χ3n) is 3.38. The molecule has 0 amide bonds. The SMILES string of the molecule is CN(CCO)c1ccc(N)cc1.COc1ccc2nc(N)sc2c1. The molecule has 0 spiro atoms. The molecule has 0 radical (unpaired) electrons. The van der Waals surface area contributed by atoms with Crippen molar-refractivity contribution in [1.29, 1.82) is 0 Å². The standard InChI is InChI=1S/C9H14N2O.C8H8N2OS/c1-11(6-7-12)9-4-2-8(10)3-5-9;1-11-5-2-3-6-7(4-5)12-8(9)10-6/h2-5,12H,6-7,10H2,1H3;2-4H,1H3,(H2,9,10). The minimum atomic E-state index is 0.168. The summed E-state index contributed by atoms with van der Waals surface area (Å²) >= 11 is 1.47. The molecule has 0 aliphatic heterocycles. The van der Waals surface area contributed by atoms with Crippen LogP contribution in [-0.4, -0.2) is 37.4 Å². The van der Waals surface area contributed by atoms with Crippen molar-refractivity contribution >= 4 is 38.1 Å². The van der Waals surface area contributed by atoms with Crippen molar-refractivity contribution in [3.8, 4) is 5.75 Å². The quantitative estimate of drug-likeness (QED) is 0.628. The van der Waals surface area contributed by atoms with E-state index in [1.807, 2.05) is 54.4 Å². The van der Waals surface area contributed by atoms with Crippen LogP contribution in [0.25, 0.3) is 10.2 Å². The van der Waals surface area contributed by atoms with E-state index in [2.05, 4.69) is 4.98 Å². The first kappa shape index (κ1) is 17.8. The summed E-state index contributed by atoms with van der Waals surface area (Å²) in [5, 5.41) is 9.28. The highest BCUT2D eigenvalue weighted by Gasteiger charge is 2.01. The van der Waals surface area contributed by atoms with Crippen LogP contribution in [0.2, 0.25) is 0 Å². The van der Waals surface area contributed by atoms with Crippen molar-refractivity contribution < 1.29 is 9.84 Å². The molecule has 3 rings (SSSR count). The Hall–Kier alpha value is -2.51. The van der Waals surface area contributed by atoms with E-state index in [0.717, 1.165) is 27.3 Å². The molecule has 0 aliphatic carbocycles. The van der Waals surface area contributed by atoms with E-state index in [4.69, 9.17) is 21.3 Å². The number of ether oxygens (including phenoxy) is 1. The van der Waals surface area contributed by atoms with Gasteiger partial charge >= 0.3 is 0 Å². The summed E-state index contributed by atoms with van der Waals surface area (Å²) < 4.78 is 6.13. The van der Waals surface area contributed by atoms with Gasteiger partial charge in [0.15, 0.2) is 5.13 Å². The maximum absolute atomic E-state index is 8.69. The fourth-order valence-corrected chi connectivity index (χ4v) is 2.82. The second kappa shape index (κ2) is 8.37. The molecule has 3 aromatic rings. The second-order valence-corrected chi connectivity index (χ2v) is 6.18. The number of hydrogen-bond acceptors (Lipinski definition) is 7. The van der Waals surface area contributed by atoms with Crippen molar-refractivity contribution in [2.24, 2.45) is 0 Å². The lowest BCUT2D eigenvalue weighted by Crippen LogP contribution is -2.20. The van der Waals surface area contributed by atoms with Crippen LogP contribution in [0.15, 0.2) is 42.5 Å². The molecule has 1 aromatic heterocycles. The summed E-state index contributed by atoms with van der Waals surface area (Å²) in [6.07, 6.45) is 0. The molecule has 0 saturated carbocycles. The predicted octanol–water partition coefficient (Wildman–Crippen LogP) is 2.58. The number of methoxy groups -OCH3 is 1. The third kappa shape index (κ3) is 4.74. The normalized spacial score (nSPS) is 10.1. The van der Waals surface area contributed by atoms with Gasteiger partial charge in [-0.3, -0.25) is 0 Å². The first-order valence-corrected chi connectivity index (χ1v) is 8.22. The van der Waals surface area contributed by atoms with E-state index >= 15 is 0 Å². The van der Waals surface area contributed by atoms with Crippen LogP contribution in [-0.2, 0) is 0 Å². The van der Waals surface area contributed by atoms with E-state index in [1.54, 1.807) is 7.11 Å². The topological polar surface area (TPSA) is 97.6 Å². The number of likely N-dealkylation sites (N-methyl/N-ethyl adjacent to an activating group) is 1. The molecule has 0 saturated heterocycles. The molecule has 128 valence electrons. The van der Waals surface area contributed by atoms with Crippen LogP contribution >= 0.6 is 11.3 Å². The zero-order valence-electron chi connectivity index (χ0n) is 13.8. The minimum absolute atomic E-state index is 0.168. The molecule has 0 bridgehead atoms. The van der Waals surface area contributed by atoms with Crippen LogP contribution in [0.4, 0.5) is 16.5 Å². The van der Waals surface area contributed by atoms with Gasteiger partial charge < -0.3 is 26.2 Å². The van der Waals surface area contributed by atoms with Crippen LogP contribution in [0.5, 0.6) is 5.75 Å². The number of rotatable bonds is 4. The number of nitrogens with two attached hydrogens (primary N) is 2. The Morgan fingerprint density at radius 2 is 1.88 bits per heavy atom. The molecular weight excluding hydrogens is 324 g/mol. The van der Waals surface area contributed by atoms with Crippen molar-refractivity contribution in [3.63, 3.8) is 0 Å². The Kier molecular flexibility index (Phi) is 6.22. The highest BCUT2D eigenvalue weighted by Crippen LogP contribution is 2.27. The van der Waals surface area contributed by atoms with E-state index in [-0.39, 0.29) is 6.61 Å². The van der Waals surface area contributed by atoms with Gasteiger partial charge in [-0.2, -0.15) is 0 Å². The van der Waals surface area contributed by atoms with Gasteiger partial charge in [0.1, 0.15) is 5.75 Å². The average Bonchev–Trinajstić information content (AvgIpc) is 2.95. The predicted molar refractivity (Wildman–Crippen MR) is 102 cm³/mol. The summed E-state index contributed by atoms with van der Waals surface area (Å²) in [7, 11) is 3.58. The van der Waals surface area contributed by atoms with E-state index in [0.29, 0.717) is 11.7 Å². The monoisotopic (exact) mass is 346 g/mol. The van der Waals surface area contributed by atoms with Crippen molar-refractivity contribution in [2.45, 2.75) is 0 Å². The van der Waals surface area contributed by atoms with Gasteiger partial charge in [0.2, 0.25) is 0 Å². The highest BCUT2D eigenvalue weighted by molar-refractivity contribution is 7.22. The number of aliphatic hydroxyl groups is 1. The summed E-state index contributed by atoms with van der Waals surface area (Å²) in [5.74, 6) is 0.839. The van der Waals surface area contributed by atoms with Crippen molar-refractivity contribution in [3.05, 3.63) is 42.5 Å². The smallest absolute Gasteiger partial charge is 0.181 e. The number of thiazole rings is 1. The molecule has 7 heteroatoms. The Morgan fingerprint density at radius 3 is 2.50 bits per heavy atom. The van der Waals surface area contributed by atoms with E-state index < -0.39 is 0 Å². The van der Waals surface area contributed by atoms with E-state index in [1.165, 1.54) is 11.3 Å². The number of nitrogens with zero attached hydrogens (tertiary/aromatic N) is 2. The maximum Gasteiger partial charge on any atom is 0.181 e. The molecular formula is C17H22N4O2S. The lowest BCUT2D eigenvalue weighted by molar-refractivity contribution is 0.304. The molecule has 5 N–H and O–H groups in total. The number of anilines is 3. The van der Waals surface area contributed by atoms with Crippen molar-refractivity contribution in [1.82, 2.24) is 4.98 Å². The lowest BCUT2D eigenvalue weighted by Gasteiger charge is -2.17. The lowest BCUT2D eigenvalue weighted by atomic mass is 10.2. The number of nitrogen functional groups attached to an aromatic ring is 2. The highest BCUT2D eigenvalue weighted by atomic mass is 32.1. The maximum atomic E-state index is 8.69. The van der Waals surface area contributed by atoms with Gasteiger partial charge in [-0.15, -0.1) is 0 Å². The Morgan fingerprint density at radius 1 is 1.17 bits per heavy atom. The zero-order valence-corrected chi connectivity index (χ0v) is 14.6. The molecule has 2 aromatic carbocycles. The number of aromatic nitrogens is 1. The van der Waals surface area contributed by atoms with Gasteiger partial charge in [0.05, 0.1) is 23.9 Å². The second-order valence-electron chi connectivity index (χ2n) is 5.12. The molecule has 0 atom stereocenters. The first-order chi connectivity index (χ1) is 11.5. The van der Waals surface area contributed by atoms with Gasteiger partial charge in [0, 0.05) is 25.0 Å². The summed E-state index contributed by atoms with van der Waals surface area (Å²) in [6, 6.07) is 13.3. The van der Waals surface area contributed by atoms with Crippen molar-refractivity contribution in [2.75, 3.05) is 43.7 Å². The Bertz CT molecular complexity index is 774. The largest absolute Gasteiger partial charge is 0.497 e. The average molecular weight is 346 g/mol. The summed E-state index contributed by atoms with van der Waals surface area (Å²) in [6.45, 7) is 0.810. The molecule has 1 heterocycles. The van der Waals surface area contributed by atoms with Gasteiger partial charge in [-0.25, -0.2) is 4.98 Å². The van der Waals surface area contributed by atoms with Crippen LogP contribution in [0, 0.1) is 0 Å². The molecule has 0 unspecified atom stereocenters. The van der Waals surface area contributed by atoms with Gasteiger partial charge in [0.25, 0.3) is 0 Å². The summed E-state index contributed by atoms with van der Waals surface area (Å²) in [4.78, 5) is 6.10. The number of hydrogen-bond donors (Lipinski definition) is 3. The zero-order chi connectivity index (χ0) is 17.5. The third-order valence-corrected chi connectivity index (χ3v) is 4.23.